The van der Waals surface area contributed by atoms with Crippen LogP contribution in [-0.2, 0) is 11.3 Å². The van der Waals surface area contributed by atoms with Gasteiger partial charge in [-0.3, -0.25) is 4.90 Å². The molecule has 2 amide bonds. The molecule has 0 atom stereocenters. The number of urea groups is 1. The first kappa shape index (κ1) is 17.7. The monoisotopic (exact) mass is 385 g/mol. The number of thiophene rings is 1. The Labute approximate surface area is 159 Å². The molecule has 1 aromatic carbocycles. The second kappa shape index (κ2) is 7.87. The number of benzene rings is 1. The summed E-state index contributed by atoms with van der Waals surface area (Å²) in [7, 11) is 0. The van der Waals surface area contributed by atoms with E-state index in [2.05, 4.69) is 44.7 Å². The lowest BCUT2D eigenvalue weighted by Crippen LogP contribution is -2.35. The Kier molecular flexibility index (Phi) is 5.14. The van der Waals surface area contributed by atoms with Gasteiger partial charge in [-0.2, -0.15) is 0 Å². The summed E-state index contributed by atoms with van der Waals surface area (Å²) in [6, 6.07) is 9.63. The molecule has 4 rings (SSSR count). The maximum absolute atomic E-state index is 11.3. The van der Waals surface area contributed by atoms with Gasteiger partial charge >= 0.3 is 6.03 Å². The van der Waals surface area contributed by atoms with Crippen molar-refractivity contribution in [2.45, 2.75) is 6.54 Å². The Hall–Kier alpha value is -2.75. The SMILES string of the molecule is NC(=O)Nc1cc(-c2ccc(CN3CCOCC3)cc2)sc1-c1nnco1. The fourth-order valence-corrected chi connectivity index (χ4v) is 4.03. The highest BCUT2D eigenvalue weighted by Crippen LogP contribution is 2.40. The predicted octanol–water partition coefficient (Wildman–Crippen LogP) is 2.79. The molecular formula is C18H19N5O3S. The molecule has 2 aromatic heterocycles. The Bertz CT molecular complexity index is 902. The van der Waals surface area contributed by atoms with Crippen LogP contribution < -0.4 is 11.1 Å². The third kappa shape index (κ3) is 4.16. The van der Waals surface area contributed by atoms with Crippen LogP contribution in [0.3, 0.4) is 0 Å². The van der Waals surface area contributed by atoms with Gasteiger partial charge in [0.2, 0.25) is 6.39 Å². The largest absolute Gasteiger partial charge is 0.423 e. The highest BCUT2D eigenvalue weighted by Gasteiger charge is 2.17. The number of carbonyl (C=O) groups excluding carboxylic acids is 1. The zero-order valence-electron chi connectivity index (χ0n) is 14.6. The number of anilines is 1. The number of nitrogens with zero attached hydrogens (tertiary/aromatic N) is 3. The first-order valence-corrected chi connectivity index (χ1v) is 9.37. The van der Waals surface area contributed by atoms with Crippen molar-refractivity contribution in [2.75, 3.05) is 31.6 Å². The Morgan fingerprint density at radius 2 is 2.04 bits per heavy atom. The predicted molar refractivity (Wildman–Crippen MR) is 102 cm³/mol. The summed E-state index contributed by atoms with van der Waals surface area (Å²) in [4.78, 5) is 15.3. The van der Waals surface area contributed by atoms with Crippen molar-refractivity contribution in [3.8, 4) is 21.2 Å². The van der Waals surface area contributed by atoms with E-state index in [9.17, 15) is 4.79 Å². The highest BCUT2D eigenvalue weighted by molar-refractivity contribution is 7.19. The fourth-order valence-electron chi connectivity index (χ4n) is 2.98. The van der Waals surface area contributed by atoms with Crippen molar-refractivity contribution in [2.24, 2.45) is 5.73 Å². The molecule has 1 fully saturated rings. The zero-order valence-corrected chi connectivity index (χ0v) is 15.4. The average Bonchev–Trinajstić information content (AvgIpc) is 3.32. The van der Waals surface area contributed by atoms with E-state index >= 15 is 0 Å². The van der Waals surface area contributed by atoms with Crippen molar-refractivity contribution < 1.29 is 13.9 Å². The normalized spacial score (nSPS) is 15.0. The standard InChI is InChI=1S/C18H19N5O3S/c19-18(24)21-14-9-15(27-16(14)17-22-20-11-26-17)13-3-1-12(2-4-13)10-23-5-7-25-8-6-23/h1-4,9,11H,5-8,10H2,(H3,19,21,24). The number of aromatic nitrogens is 2. The summed E-state index contributed by atoms with van der Waals surface area (Å²) >= 11 is 1.46. The minimum Gasteiger partial charge on any atom is -0.423 e. The number of amides is 2. The van der Waals surface area contributed by atoms with Gasteiger partial charge in [-0.25, -0.2) is 4.79 Å². The molecule has 0 saturated carbocycles. The number of primary amides is 1. The molecule has 0 radical (unpaired) electrons. The molecular weight excluding hydrogens is 366 g/mol. The van der Waals surface area contributed by atoms with Gasteiger partial charge in [0.25, 0.3) is 5.89 Å². The Morgan fingerprint density at radius 3 is 2.70 bits per heavy atom. The van der Waals surface area contributed by atoms with E-state index in [1.165, 1.54) is 23.3 Å². The summed E-state index contributed by atoms with van der Waals surface area (Å²) in [5.41, 5.74) is 8.14. The van der Waals surface area contributed by atoms with Gasteiger partial charge in [0.15, 0.2) is 0 Å². The van der Waals surface area contributed by atoms with Crippen molar-refractivity contribution in [3.05, 3.63) is 42.3 Å². The van der Waals surface area contributed by atoms with Crippen LogP contribution in [0.15, 0.2) is 41.1 Å². The number of hydrogen-bond acceptors (Lipinski definition) is 7. The van der Waals surface area contributed by atoms with Gasteiger partial charge in [-0.15, -0.1) is 21.5 Å². The second-order valence-corrected chi connectivity index (χ2v) is 7.22. The quantitative estimate of drug-likeness (QED) is 0.699. The van der Waals surface area contributed by atoms with Crippen LogP contribution in [0.1, 0.15) is 5.56 Å². The molecule has 0 spiro atoms. The molecule has 9 heteroatoms. The van der Waals surface area contributed by atoms with Gasteiger partial charge in [-0.05, 0) is 17.2 Å². The summed E-state index contributed by atoms with van der Waals surface area (Å²) in [6.45, 7) is 4.42. The Morgan fingerprint density at radius 1 is 1.26 bits per heavy atom. The second-order valence-electron chi connectivity index (χ2n) is 6.17. The Balaban J connectivity index is 1.56. The van der Waals surface area contributed by atoms with Crippen LogP contribution in [0.4, 0.5) is 10.5 Å². The summed E-state index contributed by atoms with van der Waals surface area (Å²) < 4.78 is 10.7. The van der Waals surface area contributed by atoms with E-state index in [4.69, 9.17) is 14.9 Å². The molecule has 27 heavy (non-hydrogen) atoms. The molecule has 1 aliphatic heterocycles. The van der Waals surface area contributed by atoms with E-state index in [1.54, 1.807) is 0 Å². The maximum Gasteiger partial charge on any atom is 0.316 e. The molecule has 1 saturated heterocycles. The van der Waals surface area contributed by atoms with Gasteiger partial charge in [0, 0.05) is 24.5 Å². The summed E-state index contributed by atoms with van der Waals surface area (Å²) in [6.07, 6.45) is 1.25. The number of carbonyl (C=O) groups is 1. The molecule has 0 unspecified atom stereocenters. The topological polar surface area (TPSA) is 107 Å². The van der Waals surface area contributed by atoms with Crippen molar-refractivity contribution in [3.63, 3.8) is 0 Å². The van der Waals surface area contributed by atoms with E-state index in [-0.39, 0.29) is 0 Å². The molecule has 0 bridgehead atoms. The van der Waals surface area contributed by atoms with Crippen LogP contribution in [0, 0.1) is 0 Å². The number of morpholine rings is 1. The molecule has 8 nitrogen and oxygen atoms in total. The van der Waals surface area contributed by atoms with Crippen LogP contribution in [0.25, 0.3) is 21.2 Å². The third-order valence-corrected chi connectivity index (χ3v) is 5.46. The molecule has 3 heterocycles. The van der Waals surface area contributed by atoms with Gasteiger partial charge in [0.05, 0.1) is 18.9 Å². The lowest BCUT2D eigenvalue weighted by Gasteiger charge is -2.26. The number of hydrogen-bond donors (Lipinski definition) is 2. The number of nitrogens with two attached hydrogens (primary N) is 1. The van der Waals surface area contributed by atoms with Crippen molar-refractivity contribution in [1.29, 1.82) is 0 Å². The smallest absolute Gasteiger partial charge is 0.316 e. The minimum atomic E-state index is -0.638. The van der Waals surface area contributed by atoms with Crippen molar-refractivity contribution in [1.82, 2.24) is 15.1 Å². The van der Waals surface area contributed by atoms with Crippen LogP contribution in [0.2, 0.25) is 0 Å². The lowest BCUT2D eigenvalue weighted by molar-refractivity contribution is 0.0342. The zero-order chi connectivity index (χ0) is 18.6. The van der Waals surface area contributed by atoms with Gasteiger partial charge < -0.3 is 20.2 Å². The number of rotatable bonds is 5. The first-order chi connectivity index (χ1) is 13.2. The molecule has 0 aliphatic carbocycles. The summed E-state index contributed by atoms with van der Waals surface area (Å²) in [5, 5.41) is 10.2. The summed E-state index contributed by atoms with van der Waals surface area (Å²) in [5.74, 6) is 0.346. The number of nitrogens with one attached hydrogen (secondary N) is 1. The number of ether oxygens (including phenoxy) is 1. The fraction of sp³-hybridized carbons (Fsp3) is 0.278. The van der Waals surface area contributed by atoms with Crippen LogP contribution in [-0.4, -0.2) is 47.4 Å². The van der Waals surface area contributed by atoms with Crippen LogP contribution >= 0.6 is 11.3 Å². The van der Waals surface area contributed by atoms with E-state index < -0.39 is 6.03 Å². The minimum absolute atomic E-state index is 0.346. The lowest BCUT2D eigenvalue weighted by atomic mass is 10.1. The molecule has 3 N–H and O–H groups in total. The first-order valence-electron chi connectivity index (χ1n) is 8.55. The van der Waals surface area contributed by atoms with E-state index in [0.717, 1.165) is 43.3 Å². The average molecular weight is 385 g/mol. The van der Waals surface area contributed by atoms with Crippen molar-refractivity contribution >= 4 is 23.1 Å². The van der Waals surface area contributed by atoms with E-state index in [1.807, 2.05) is 6.07 Å². The van der Waals surface area contributed by atoms with Crippen LogP contribution in [0.5, 0.6) is 0 Å². The molecule has 1 aliphatic rings. The highest BCUT2D eigenvalue weighted by atomic mass is 32.1. The van der Waals surface area contributed by atoms with E-state index in [0.29, 0.717) is 16.5 Å². The third-order valence-electron chi connectivity index (χ3n) is 4.29. The van der Waals surface area contributed by atoms with Gasteiger partial charge in [-0.1, -0.05) is 24.3 Å². The maximum atomic E-state index is 11.3. The molecule has 3 aromatic rings. The molecule has 140 valence electrons. The van der Waals surface area contributed by atoms with Gasteiger partial charge in [0.1, 0.15) is 4.88 Å².